The summed E-state index contributed by atoms with van der Waals surface area (Å²) in [6.07, 6.45) is 1.82. The molecule has 0 unspecified atom stereocenters. The van der Waals surface area contributed by atoms with Crippen LogP contribution in [0.25, 0.3) is 0 Å². The van der Waals surface area contributed by atoms with Crippen LogP contribution in [0.5, 0.6) is 0 Å². The molecule has 1 saturated carbocycles. The van der Waals surface area contributed by atoms with Crippen molar-refractivity contribution in [3.8, 4) is 0 Å². The molecule has 1 aliphatic rings. The van der Waals surface area contributed by atoms with E-state index in [9.17, 15) is 19.2 Å². The average Bonchev–Trinajstić information content (AvgIpc) is 3.58. The molecule has 2 N–H and O–H groups in total. The van der Waals surface area contributed by atoms with Crippen LogP contribution in [0, 0.1) is 5.92 Å². The first-order chi connectivity index (χ1) is 14.0. The van der Waals surface area contributed by atoms with Gasteiger partial charge in [-0.2, -0.15) is 0 Å². The van der Waals surface area contributed by atoms with Gasteiger partial charge in [0.05, 0.1) is 18.2 Å². The molecule has 8 nitrogen and oxygen atoms in total. The van der Waals surface area contributed by atoms with E-state index in [4.69, 9.17) is 4.74 Å². The number of hydrogen-bond donors (Lipinski definition) is 2. The Balaban J connectivity index is 1.46. The third-order valence-corrected chi connectivity index (χ3v) is 4.26. The third-order valence-electron chi connectivity index (χ3n) is 4.26. The van der Waals surface area contributed by atoms with Crippen LogP contribution in [0.2, 0.25) is 0 Å². The molecule has 8 heteroatoms. The maximum Gasteiger partial charge on any atom is 0.338 e. The van der Waals surface area contributed by atoms with Crippen LogP contribution in [0.15, 0.2) is 48.5 Å². The monoisotopic (exact) mass is 396 g/mol. The fourth-order valence-corrected chi connectivity index (χ4v) is 2.50. The maximum absolute atomic E-state index is 12.1. The number of hydrogen-bond acceptors (Lipinski definition) is 6. The standard InChI is InChI=1S/C21H20N2O6/c1-28-20(26)14-4-8-16(9-5-14)22-18(24)12-29-21(27)15-6-10-17(11-7-15)23-19(25)13-2-3-13/h4-11,13H,2-3,12H2,1H3,(H,22,24)(H,23,25). The Morgan fingerprint density at radius 2 is 1.34 bits per heavy atom. The first-order valence-corrected chi connectivity index (χ1v) is 9.02. The zero-order chi connectivity index (χ0) is 20.8. The highest BCUT2D eigenvalue weighted by atomic mass is 16.5. The number of amides is 2. The molecule has 29 heavy (non-hydrogen) atoms. The summed E-state index contributed by atoms with van der Waals surface area (Å²) in [6.45, 7) is -0.461. The van der Waals surface area contributed by atoms with E-state index in [-0.39, 0.29) is 17.4 Å². The predicted molar refractivity (Wildman–Crippen MR) is 104 cm³/mol. The number of anilines is 2. The molecule has 0 bridgehead atoms. The topological polar surface area (TPSA) is 111 Å². The number of ether oxygens (including phenoxy) is 2. The highest BCUT2D eigenvalue weighted by molar-refractivity contribution is 5.97. The summed E-state index contributed by atoms with van der Waals surface area (Å²) in [5, 5.41) is 5.34. The molecule has 2 aromatic carbocycles. The van der Waals surface area contributed by atoms with Gasteiger partial charge in [0.2, 0.25) is 5.91 Å². The Morgan fingerprint density at radius 3 is 1.86 bits per heavy atom. The van der Waals surface area contributed by atoms with Crippen molar-refractivity contribution in [3.63, 3.8) is 0 Å². The molecule has 0 saturated heterocycles. The molecule has 1 aliphatic carbocycles. The number of benzene rings is 2. The SMILES string of the molecule is COC(=O)c1ccc(NC(=O)COC(=O)c2ccc(NC(=O)C3CC3)cc2)cc1. The van der Waals surface area contributed by atoms with Gasteiger partial charge >= 0.3 is 11.9 Å². The van der Waals surface area contributed by atoms with Crippen molar-refractivity contribution < 1.29 is 28.7 Å². The second-order valence-electron chi connectivity index (χ2n) is 6.53. The van der Waals surface area contributed by atoms with E-state index in [1.54, 1.807) is 24.3 Å². The van der Waals surface area contributed by atoms with Gasteiger partial charge in [0.1, 0.15) is 0 Å². The van der Waals surface area contributed by atoms with Crippen molar-refractivity contribution in [1.29, 1.82) is 0 Å². The fourth-order valence-electron chi connectivity index (χ4n) is 2.50. The summed E-state index contributed by atoms with van der Waals surface area (Å²) in [5.41, 5.74) is 1.68. The van der Waals surface area contributed by atoms with Crippen LogP contribution >= 0.6 is 0 Å². The minimum atomic E-state index is -0.652. The van der Waals surface area contributed by atoms with Gasteiger partial charge in [-0.3, -0.25) is 9.59 Å². The number of esters is 2. The van der Waals surface area contributed by atoms with Crippen molar-refractivity contribution in [2.75, 3.05) is 24.4 Å². The summed E-state index contributed by atoms with van der Waals surface area (Å²) in [6, 6.07) is 12.4. The minimum absolute atomic E-state index is 0.0170. The quantitative estimate of drug-likeness (QED) is 0.696. The highest BCUT2D eigenvalue weighted by Crippen LogP contribution is 2.30. The molecule has 0 atom stereocenters. The first-order valence-electron chi connectivity index (χ1n) is 9.02. The van der Waals surface area contributed by atoms with Crippen LogP contribution in [0.4, 0.5) is 11.4 Å². The maximum atomic E-state index is 12.1. The van der Waals surface area contributed by atoms with Gasteiger partial charge < -0.3 is 20.1 Å². The number of rotatable bonds is 7. The van der Waals surface area contributed by atoms with Gasteiger partial charge in [0.25, 0.3) is 5.91 Å². The normalized spacial score (nSPS) is 12.6. The van der Waals surface area contributed by atoms with Crippen LogP contribution in [-0.2, 0) is 19.1 Å². The average molecular weight is 396 g/mol. The molecule has 0 radical (unpaired) electrons. The Hall–Kier alpha value is -3.68. The molecule has 2 aromatic rings. The third kappa shape index (κ3) is 5.65. The van der Waals surface area contributed by atoms with Gasteiger partial charge in [0, 0.05) is 17.3 Å². The summed E-state index contributed by atoms with van der Waals surface area (Å²) >= 11 is 0. The molecular weight excluding hydrogens is 376 g/mol. The number of nitrogens with one attached hydrogen (secondary N) is 2. The van der Waals surface area contributed by atoms with Crippen molar-refractivity contribution >= 4 is 35.1 Å². The van der Waals surface area contributed by atoms with Crippen LogP contribution < -0.4 is 10.6 Å². The minimum Gasteiger partial charge on any atom is -0.465 e. The Bertz CT molecular complexity index is 917. The smallest absolute Gasteiger partial charge is 0.338 e. The van der Waals surface area contributed by atoms with Crippen LogP contribution in [-0.4, -0.2) is 37.5 Å². The lowest BCUT2D eigenvalue weighted by Gasteiger charge is -2.08. The number of carbonyl (C=O) groups excluding carboxylic acids is 4. The Labute approximate surface area is 167 Å². The predicted octanol–water partition coefficient (Wildman–Crippen LogP) is 2.62. The molecule has 1 fully saturated rings. The van der Waals surface area contributed by atoms with E-state index in [0.29, 0.717) is 16.9 Å². The van der Waals surface area contributed by atoms with Gasteiger partial charge in [-0.25, -0.2) is 9.59 Å². The summed E-state index contributed by atoms with van der Waals surface area (Å²) < 4.78 is 9.60. The molecule has 2 amide bonds. The Morgan fingerprint density at radius 1 is 0.828 bits per heavy atom. The summed E-state index contributed by atoms with van der Waals surface area (Å²) in [5.74, 6) is -1.57. The zero-order valence-corrected chi connectivity index (χ0v) is 15.8. The lowest BCUT2D eigenvalue weighted by Crippen LogP contribution is -2.21. The second kappa shape index (κ2) is 9.01. The van der Waals surface area contributed by atoms with E-state index in [2.05, 4.69) is 15.4 Å². The molecule has 0 aromatic heterocycles. The molecule has 0 heterocycles. The van der Waals surface area contributed by atoms with Crippen LogP contribution in [0.3, 0.4) is 0 Å². The van der Waals surface area contributed by atoms with E-state index in [0.717, 1.165) is 12.8 Å². The van der Waals surface area contributed by atoms with E-state index in [1.807, 2.05) is 0 Å². The van der Waals surface area contributed by atoms with Crippen molar-refractivity contribution in [2.24, 2.45) is 5.92 Å². The molecular formula is C21H20N2O6. The fraction of sp³-hybridized carbons (Fsp3) is 0.238. The molecule has 150 valence electrons. The second-order valence-corrected chi connectivity index (χ2v) is 6.53. The van der Waals surface area contributed by atoms with E-state index >= 15 is 0 Å². The van der Waals surface area contributed by atoms with Gasteiger partial charge in [-0.05, 0) is 61.4 Å². The number of methoxy groups -OCH3 is 1. The molecule has 0 spiro atoms. The van der Waals surface area contributed by atoms with Crippen molar-refractivity contribution in [1.82, 2.24) is 0 Å². The van der Waals surface area contributed by atoms with E-state index < -0.39 is 24.5 Å². The van der Waals surface area contributed by atoms with Gasteiger partial charge in [-0.15, -0.1) is 0 Å². The van der Waals surface area contributed by atoms with Crippen LogP contribution in [0.1, 0.15) is 33.6 Å². The Kier molecular flexibility index (Phi) is 6.23. The van der Waals surface area contributed by atoms with Crippen molar-refractivity contribution in [3.05, 3.63) is 59.7 Å². The zero-order valence-electron chi connectivity index (χ0n) is 15.8. The lowest BCUT2D eigenvalue weighted by atomic mass is 10.2. The largest absolute Gasteiger partial charge is 0.465 e. The molecule has 0 aliphatic heterocycles. The lowest BCUT2D eigenvalue weighted by molar-refractivity contribution is -0.119. The highest BCUT2D eigenvalue weighted by Gasteiger charge is 2.29. The summed E-state index contributed by atoms with van der Waals surface area (Å²) in [7, 11) is 1.28. The summed E-state index contributed by atoms with van der Waals surface area (Å²) in [4.78, 5) is 47.1. The van der Waals surface area contributed by atoms with Gasteiger partial charge in [0.15, 0.2) is 6.61 Å². The number of carbonyl (C=O) groups is 4. The first kappa shape index (κ1) is 20.1. The van der Waals surface area contributed by atoms with Crippen molar-refractivity contribution in [2.45, 2.75) is 12.8 Å². The van der Waals surface area contributed by atoms with E-state index in [1.165, 1.54) is 31.4 Å². The molecule has 3 rings (SSSR count). The van der Waals surface area contributed by atoms with Gasteiger partial charge in [-0.1, -0.05) is 0 Å².